The Labute approximate surface area is 183 Å². The van der Waals surface area contributed by atoms with Gasteiger partial charge in [-0.25, -0.2) is 23.2 Å². The number of carbonyl (C=O) groups is 1. The molecule has 2 aromatic rings. The molecule has 0 unspecified atom stereocenters. The topological polar surface area (TPSA) is 114 Å². The lowest BCUT2D eigenvalue weighted by molar-refractivity contribution is 0.0985. The highest BCUT2D eigenvalue weighted by Gasteiger charge is 2.24. The minimum absolute atomic E-state index is 0.116. The Kier molecular flexibility index (Phi) is 7.11. The summed E-state index contributed by atoms with van der Waals surface area (Å²) in [6.07, 6.45) is 0. The average Bonchev–Trinajstić information content (AvgIpc) is 2.74. The monoisotopic (exact) mass is 447 g/mol. The Morgan fingerprint density at radius 2 is 1.97 bits per heavy atom. The van der Waals surface area contributed by atoms with Gasteiger partial charge in [0, 0.05) is 30.9 Å². The predicted molar refractivity (Wildman–Crippen MR) is 121 cm³/mol. The lowest BCUT2D eigenvalue weighted by atomic mass is 10.2. The van der Waals surface area contributed by atoms with E-state index in [0.717, 1.165) is 5.56 Å². The third-order valence-corrected chi connectivity index (χ3v) is 7.26. The molecular formula is C21H29N5O4S. The molecule has 0 radical (unpaired) electrons. The summed E-state index contributed by atoms with van der Waals surface area (Å²) in [6.45, 7) is 7.22. The van der Waals surface area contributed by atoms with Gasteiger partial charge in [-0.1, -0.05) is 0 Å². The first-order valence-corrected chi connectivity index (χ1v) is 11.9. The van der Waals surface area contributed by atoms with Crippen LogP contribution in [0.5, 0.6) is 0 Å². The van der Waals surface area contributed by atoms with Crippen molar-refractivity contribution in [2.75, 3.05) is 37.0 Å². The van der Waals surface area contributed by atoms with Crippen LogP contribution in [-0.2, 0) is 20.3 Å². The van der Waals surface area contributed by atoms with Crippen LogP contribution in [0.2, 0.25) is 0 Å². The molecule has 1 saturated heterocycles. The Bertz CT molecular complexity index is 1020. The molecule has 9 nitrogen and oxygen atoms in total. The number of rotatable bonds is 6. The van der Waals surface area contributed by atoms with Gasteiger partial charge in [0.05, 0.1) is 36.0 Å². The maximum atomic E-state index is 12.5. The minimum atomic E-state index is -3.32. The van der Waals surface area contributed by atoms with Crippen molar-refractivity contribution in [3.8, 4) is 11.4 Å². The van der Waals surface area contributed by atoms with E-state index in [4.69, 9.17) is 9.72 Å². The van der Waals surface area contributed by atoms with Crippen molar-refractivity contribution < 1.29 is 17.9 Å². The molecule has 10 heteroatoms. The van der Waals surface area contributed by atoms with Crippen molar-refractivity contribution in [1.29, 1.82) is 0 Å². The second kappa shape index (κ2) is 9.61. The fourth-order valence-corrected chi connectivity index (χ4v) is 4.06. The summed E-state index contributed by atoms with van der Waals surface area (Å²) in [7, 11) is -1.78. The molecule has 1 fully saturated rings. The third kappa shape index (κ3) is 5.71. The molecule has 1 atom stereocenters. The van der Waals surface area contributed by atoms with E-state index in [1.165, 1.54) is 0 Å². The van der Waals surface area contributed by atoms with Gasteiger partial charge in [0.15, 0.2) is 15.7 Å². The molecule has 1 aliphatic rings. The second-order valence-corrected chi connectivity index (χ2v) is 10.4. The number of aromatic nitrogens is 2. The number of hydrogen-bond donors (Lipinski definition) is 2. The van der Waals surface area contributed by atoms with Gasteiger partial charge in [-0.3, -0.25) is 0 Å². The van der Waals surface area contributed by atoms with Gasteiger partial charge in [-0.05, 0) is 45.0 Å². The normalized spacial score (nSPS) is 16.9. The first-order valence-electron chi connectivity index (χ1n) is 10.2. The van der Waals surface area contributed by atoms with Crippen LogP contribution < -0.4 is 15.5 Å². The van der Waals surface area contributed by atoms with Gasteiger partial charge in [0.1, 0.15) is 5.82 Å². The van der Waals surface area contributed by atoms with Gasteiger partial charge in [-0.15, -0.1) is 0 Å². The Hall–Kier alpha value is -2.72. The van der Waals surface area contributed by atoms with Crippen LogP contribution in [0.1, 0.15) is 26.5 Å². The molecule has 3 rings (SSSR count). The van der Waals surface area contributed by atoms with E-state index >= 15 is 0 Å². The highest BCUT2D eigenvalue weighted by atomic mass is 32.2. The zero-order valence-corrected chi connectivity index (χ0v) is 19.1. The van der Waals surface area contributed by atoms with E-state index in [-0.39, 0.29) is 17.8 Å². The summed E-state index contributed by atoms with van der Waals surface area (Å²) in [6, 6.07) is 8.66. The summed E-state index contributed by atoms with van der Waals surface area (Å²) in [4.78, 5) is 22.9. The van der Waals surface area contributed by atoms with E-state index in [2.05, 4.69) is 20.5 Å². The number of morpholine rings is 1. The highest BCUT2D eigenvalue weighted by molar-refractivity contribution is 7.91. The molecule has 1 aromatic heterocycles. The zero-order chi connectivity index (χ0) is 22.6. The van der Waals surface area contributed by atoms with Crippen LogP contribution in [-0.4, -0.2) is 62.5 Å². The van der Waals surface area contributed by atoms with Crippen molar-refractivity contribution in [2.45, 2.75) is 37.8 Å². The van der Waals surface area contributed by atoms with E-state index in [1.807, 2.05) is 6.92 Å². The highest BCUT2D eigenvalue weighted by Crippen LogP contribution is 2.25. The number of urea groups is 1. The number of nitrogens with one attached hydrogen (secondary N) is 2. The summed E-state index contributed by atoms with van der Waals surface area (Å²) < 4.78 is 30.6. The number of hydrogen-bond acceptors (Lipinski definition) is 7. The van der Waals surface area contributed by atoms with Crippen molar-refractivity contribution in [2.24, 2.45) is 0 Å². The molecule has 1 aliphatic heterocycles. The molecule has 0 saturated carbocycles. The maximum absolute atomic E-state index is 12.5. The number of benzene rings is 1. The van der Waals surface area contributed by atoms with Crippen LogP contribution in [0.25, 0.3) is 11.4 Å². The number of anilines is 2. The van der Waals surface area contributed by atoms with Crippen LogP contribution >= 0.6 is 0 Å². The lowest BCUT2D eigenvalue weighted by Crippen LogP contribution is -2.44. The second-order valence-electron chi connectivity index (χ2n) is 7.80. The average molecular weight is 448 g/mol. The lowest BCUT2D eigenvalue weighted by Gasteiger charge is -2.34. The Balaban J connectivity index is 1.99. The molecular weight excluding hydrogens is 418 g/mol. The Morgan fingerprint density at radius 1 is 1.26 bits per heavy atom. The zero-order valence-electron chi connectivity index (χ0n) is 18.3. The minimum Gasteiger partial charge on any atom is -0.377 e. The first-order chi connectivity index (χ1) is 14.7. The molecule has 31 heavy (non-hydrogen) atoms. The molecule has 0 aliphatic carbocycles. The van der Waals surface area contributed by atoms with E-state index < -0.39 is 15.1 Å². The number of amides is 2. The van der Waals surface area contributed by atoms with Crippen molar-refractivity contribution in [3.05, 3.63) is 36.0 Å². The smallest absolute Gasteiger partial charge is 0.318 e. The van der Waals surface area contributed by atoms with Gasteiger partial charge in [0.2, 0.25) is 0 Å². The molecule has 168 valence electrons. The molecule has 2 heterocycles. The summed E-state index contributed by atoms with van der Waals surface area (Å²) in [5.74, 6) is 0.973. The van der Waals surface area contributed by atoms with Crippen LogP contribution in [0.3, 0.4) is 0 Å². The van der Waals surface area contributed by atoms with Crippen LogP contribution in [0.15, 0.2) is 30.3 Å². The largest absolute Gasteiger partial charge is 0.377 e. The number of ether oxygens (including phenoxy) is 1. The number of nitrogens with zero attached hydrogens (tertiary/aromatic N) is 3. The summed E-state index contributed by atoms with van der Waals surface area (Å²) in [5.41, 5.74) is 1.82. The van der Waals surface area contributed by atoms with Crippen molar-refractivity contribution >= 4 is 27.4 Å². The van der Waals surface area contributed by atoms with Crippen LogP contribution in [0.4, 0.5) is 16.3 Å². The van der Waals surface area contributed by atoms with Gasteiger partial charge < -0.3 is 20.3 Å². The van der Waals surface area contributed by atoms with E-state index in [0.29, 0.717) is 42.8 Å². The van der Waals surface area contributed by atoms with Crippen molar-refractivity contribution in [3.63, 3.8) is 0 Å². The van der Waals surface area contributed by atoms with Gasteiger partial charge in [-0.2, -0.15) is 0 Å². The Morgan fingerprint density at radius 3 is 2.58 bits per heavy atom. The summed E-state index contributed by atoms with van der Waals surface area (Å²) >= 11 is 0. The molecule has 0 bridgehead atoms. The molecule has 2 N–H and O–H groups in total. The summed E-state index contributed by atoms with van der Waals surface area (Å²) in [5, 5.41) is 4.71. The predicted octanol–water partition coefficient (Wildman–Crippen LogP) is 2.44. The maximum Gasteiger partial charge on any atom is 0.318 e. The fraction of sp³-hybridized carbons (Fsp3) is 0.476. The standard InChI is InChI=1S/C21H29N5O4S/c1-14(2)31(28,29)13-18-11-19(26-9-10-30-12-15(26)3)25-20(23-18)16-5-7-17(8-6-16)24-21(27)22-4/h5-8,11,14-15H,9-10,12-13H2,1-4H3,(H2,22,24,27)/t15-/m1/s1. The van der Waals surface area contributed by atoms with Crippen LogP contribution in [0, 0.1) is 0 Å². The van der Waals surface area contributed by atoms with E-state index in [1.54, 1.807) is 51.2 Å². The van der Waals surface area contributed by atoms with Crippen molar-refractivity contribution in [1.82, 2.24) is 15.3 Å². The molecule has 0 spiro atoms. The number of sulfone groups is 1. The number of carbonyl (C=O) groups excluding carboxylic acids is 1. The fourth-order valence-electron chi connectivity index (χ4n) is 3.17. The van der Waals surface area contributed by atoms with Gasteiger partial charge in [0.25, 0.3) is 0 Å². The quantitative estimate of drug-likeness (QED) is 0.699. The van der Waals surface area contributed by atoms with E-state index in [9.17, 15) is 13.2 Å². The molecule has 2 amide bonds. The third-order valence-electron chi connectivity index (χ3n) is 5.12. The molecule has 1 aromatic carbocycles. The van der Waals surface area contributed by atoms with Gasteiger partial charge >= 0.3 is 6.03 Å². The first kappa shape index (κ1) is 23.0. The SMILES string of the molecule is CNC(=O)Nc1ccc(-c2nc(CS(=O)(=O)C(C)C)cc(N3CCOC[C@H]3C)n2)cc1.